The smallest absolute Gasteiger partial charge is 0.147 e. The van der Waals surface area contributed by atoms with Crippen molar-refractivity contribution in [2.24, 2.45) is 0 Å². The molecule has 0 spiro atoms. The van der Waals surface area contributed by atoms with Gasteiger partial charge in [0.2, 0.25) is 0 Å². The standard InChI is InChI=1S/C17H22N4O/c1-22-13-7-5-12-6-8-15(14(12)10-13)18-11-17-20-19-16-4-2-3-9-21(16)17/h5,7,10,15,18H,2-4,6,8-9,11H2,1H3/t15-/m1/s1. The van der Waals surface area contributed by atoms with E-state index in [0.717, 1.165) is 49.8 Å². The monoisotopic (exact) mass is 298 g/mol. The van der Waals surface area contributed by atoms with E-state index in [9.17, 15) is 0 Å². The fraction of sp³-hybridized carbons (Fsp3) is 0.529. The average Bonchev–Trinajstić information content (AvgIpc) is 3.16. The molecule has 5 heteroatoms. The minimum absolute atomic E-state index is 0.390. The third-order valence-electron chi connectivity index (χ3n) is 4.87. The third-order valence-corrected chi connectivity index (χ3v) is 4.87. The summed E-state index contributed by atoms with van der Waals surface area (Å²) in [5, 5.41) is 12.4. The summed E-state index contributed by atoms with van der Waals surface area (Å²) in [7, 11) is 1.72. The van der Waals surface area contributed by atoms with Gasteiger partial charge >= 0.3 is 0 Å². The molecule has 4 rings (SSSR count). The summed E-state index contributed by atoms with van der Waals surface area (Å²) in [6, 6.07) is 6.80. The molecule has 0 unspecified atom stereocenters. The zero-order chi connectivity index (χ0) is 14.9. The lowest BCUT2D eigenvalue weighted by Crippen LogP contribution is -2.22. The van der Waals surface area contributed by atoms with E-state index >= 15 is 0 Å². The molecule has 1 aliphatic carbocycles. The van der Waals surface area contributed by atoms with Crippen molar-refractivity contribution in [1.82, 2.24) is 20.1 Å². The molecule has 2 aromatic rings. The molecule has 1 aromatic heterocycles. The molecule has 0 saturated carbocycles. The van der Waals surface area contributed by atoms with Gasteiger partial charge in [0, 0.05) is 19.0 Å². The number of nitrogens with zero attached hydrogens (tertiary/aromatic N) is 3. The summed E-state index contributed by atoms with van der Waals surface area (Å²) in [6.45, 7) is 1.85. The molecular weight excluding hydrogens is 276 g/mol. The lowest BCUT2D eigenvalue weighted by atomic mass is 10.1. The van der Waals surface area contributed by atoms with Crippen LogP contribution in [0, 0.1) is 0 Å². The number of hydrogen-bond donors (Lipinski definition) is 1. The van der Waals surface area contributed by atoms with E-state index in [0.29, 0.717) is 6.04 Å². The van der Waals surface area contributed by atoms with E-state index in [4.69, 9.17) is 4.74 Å². The largest absolute Gasteiger partial charge is 0.497 e. The summed E-state index contributed by atoms with van der Waals surface area (Å²) in [4.78, 5) is 0. The highest BCUT2D eigenvalue weighted by molar-refractivity contribution is 5.40. The topological polar surface area (TPSA) is 52.0 Å². The van der Waals surface area contributed by atoms with Crippen molar-refractivity contribution in [3.05, 3.63) is 41.0 Å². The zero-order valence-electron chi connectivity index (χ0n) is 13.0. The van der Waals surface area contributed by atoms with Crippen LogP contribution in [0.5, 0.6) is 5.75 Å². The summed E-state index contributed by atoms with van der Waals surface area (Å²) in [6.07, 6.45) is 5.82. The molecule has 2 heterocycles. The van der Waals surface area contributed by atoms with E-state index in [1.165, 1.54) is 24.0 Å². The first kappa shape index (κ1) is 13.8. The van der Waals surface area contributed by atoms with E-state index in [-0.39, 0.29) is 0 Å². The first-order valence-electron chi connectivity index (χ1n) is 8.16. The van der Waals surface area contributed by atoms with Crippen LogP contribution in [0.15, 0.2) is 18.2 Å². The number of aromatic nitrogens is 3. The molecule has 22 heavy (non-hydrogen) atoms. The number of aryl methyl sites for hydroxylation is 2. The molecule has 1 aromatic carbocycles. The Kier molecular flexibility index (Phi) is 3.58. The first-order valence-corrected chi connectivity index (χ1v) is 8.16. The molecule has 0 saturated heterocycles. The second-order valence-corrected chi connectivity index (χ2v) is 6.18. The van der Waals surface area contributed by atoms with Crippen molar-refractivity contribution in [2.75, 3.05) is 7.11 Å². The SMILES string of the molecule is COc1ccc2c(c1)[C@H](NCc1nnc3n1CCCC3)CC2. The number of benzene rings is 1. The summed E-state index contributed by atoms with van der Waals surface area (Å²) in [5.41, 5.74) is 2.80. The zero-order valence-corrected chi connectivity index (χ0v) is 13.0. The van der Waals surface area contributed by atoms with Gasteiger partial charge in [0.1, 0.15) is 17.4 Å². The third kappa shape index (κ3) is 2.39. The van der Waals surface area contributed by atoms with Crippen LogP contribution < -0.4 is 10.1 Å². The Hall–Kier alpha value is -1.88. The van der Waals surface area contributed by atoms with Crippen LogP contribution >= 0.6 is 0 Å². The molecule has 1 N–H and O–H groups in total. The summed E-state index contributed by atoms with van der Waals surface area (Å²) >= 11 is 0. The van der Waals surface area contributed by atoms with E-state index in [1.54, 1.807) is 7.11 Å². The van der Waals surface area contributed by atoms with Crippen LogP contribution in [0.2, 0.25) is 0 Å². The molecule has 1 aliphatic heterocycles. The minimum Gasteiger partial charge on any atom is -0.497 e. The molecular formula is C17H22N4O. The van der Waals surface area contributed by atoms with Crippen molar-refractivity contribution < 1.29 is 4.74 Å². The minimum atomic E-state index is 0.390. The second kappa shape index (κ2) is 5.72. The Balaban J connectivity index is 1.49. The van der Waals surface area contributed by atoms with Crippen LogP contribution in [-0.4, -0.2) is 21.9 Å². The van der Waals surface area contributed by atoms with Gasteiger partial charge in [-0.3, -0.25) is 0 Å². The van der Waals surface area contributed by atoms with E-state index < -0.39 is 0 Å². The van der Waals surface area contributed by atoms with Crippen LogP contribution in [0.3, 0.4) is 0 Å². The highest BCUT2D eigenvalue weighted by atomic mass is 16.5. The fourth-order valence-corrected chi connectivity index (χ4v) is 3.63. The van der Waals surface area contributed by atoms with E-state index in [2.05, 4.69) is 38.3 Å². The molecule has 0 bridgehead atoms. The quantitative estimate of drug-likeness (QED) is 0.941. The van der Waals surface area contributed by atoms with Gasteiger partial charge in [-0.1, -0.05) is 6.07 Å². The molecule has 2 aliphatic rings. The van der Waals surface area contributed by atoms with Crippen LogP contribution in [0.25, 0.3) is 0 Å². The van der Waals surface area contributed by atoms with Gasteiger partial charge in [-0.25, -0.2) is 0 Å². The Bertz CT molecular complexity index is 679. The first-order chi connectivity index (χ1) is 10.8. The maximum Gasteiger partial charge on any atom is 0.147 e. The highest BCUT2D eigenvalue weighted by Gasteiger charge is 2.23. The van der Waals surface area contributed by atoms with Crippen molar-refractivity contribution in [3.63, 3.8) is 0 Å². The fourth-order valence-electron chi connectivity index (χ4n) is 3.63. The molecule has 0 fully saturated rings. The lowest BCUT2D eigenvalue weighted by molar-refractivity contribution is 0.413. The maximum absolute atomic E-state index is 5.36. The summed E-state index contributed by atoms with van der Waals surface area (Å²) in [5.74, 6) is 3.16. The maximum atomic E-state index is 5.36. The van der Waals surface area contributed by atoms with Crippen LogP contribution in [0.1, 0.15) is 48.1 Å². The van der Waals surface area contributed by atoms with Gasteiger partial charge < -0.3 is 14.6 Å². The van der Waals surface area contributed by atoms with Gasteiger partial charge in [-0.2, -0.15) is 0 Å². The Labute approximate surface area is 130 Å². The molecule has 0 radical (unpaired) electrons. The number of fused-ring (bicyclic) bond motifs is 2. The van der Waals surface area contributed by atoms with Crippen molar-refractivity contribution in [1.29, 1.82) is 0 Å². The predicted molar refractivity (Wildman–Crippen MR) is 83.9 cm³/mol. The van der Waals surface area contributed by atoms with Gasteiger partial charge in [-0.15, -0.1) is 10.2 Å². The van der Waals surface area contributed by atoms with Crippen LogP contribution in [-0.2, 0) is 25.9 Å². The number of rotatable bonds is 4. The predicted octanol–water partition coefficient (Wildman–Crippen LogP) is 2.40. The second-order valence-electron chi connectivity index (χ2n) is 6.18. The van der Waals surface area contributed by atoms with Gasteiger partial charge in [0.25, 0.3) is 0 Å². The number of methoxy groups -OCH3 is 1. The average molecular weight is 298 g/mol. The van der Waals surface area contributed by atoms with Crippen molar-refractivity contribution in [2.45, 2.75) is 51.2 Å². The molecule has 0 amide bonds. The van der Waals surface area contributed by atoms with Gasteiger partial charge in [0.05, 0.1) is 13.7 Å². The number of ether oxygens (including phenoxy) is 1. The Morgan fingerprint density at radius 2 is 2.23 bits per heavy atom. The summed E-state index contributed by atoms with van der Waals surface area (Å²) < 4.78 is 7.65. The van der Waals surface area contributed by atoms with Gasteiger partial charge in [-0.05, 0) is 48.9 Å². The van der Waals surface area contributed by atoms with E-state index in [1.807, 2.05) is 0 Å². The molecule has 116 valence electrons. The van der Waals surface area contributed by atoms with Crippen molar-refractivity contribution in [3.8, 4) is 5.75 Å². The Morgan fingerprint density at radius 3 is 3.14 bits per heavy atom. The van der Waals surface area contributed by atoms with Crippen LogP contribution in [0.4, 0.5) is 0 Å². The van der Waals surface area contributed by atoms with Crippen molar-refractivity contribution >= 4 is 0 Å². The lowest BCUT2D eigenvalue weighted by Gasteiger charge is -2.17. The number of hydrogen-bond acceptors (Lipinski definition) is 4. The Morgan fingerprint density at radius 1 is 1.27 bits per heavy atom. The highest BCUT2D eigenvalue weighted by Crippen LogP contribution is 2.33. The number of nitrogens with one attached hydrogen (secondary N) is 1. The molecule has 5 nitrogen and oxygen atoms in total. The molecule has 1 atom stereocenters. The van der Waals surface area contributed by atoms with Gasteiger partial charge in [0.15, 0.2) is 0 Å². The normalized spacial score (nSPS) is 19.8.